The average Bonchev–Trinajstić information content (AvgIpc) is 2.49. The highest BCUT2D eigenvalue weighted by Crippen LogP contribution is 2.23. The van der Waals surface area contributed by atoms with Crippen molar-refractivity contribution in [2.75, 3.05) is 5.75 Å². The number of hydrogen-bond acceptors (Lipinski definition) is 3. The van der Waals surface area contributed by atoms with E-state index in [9.17, 15) is 4.79 Å². The van der Waals surface area contributed by atoms with Gasteiger partial charge in [0.25, 0.3) is 5.56 Å². The van der Waals surface area contributed by atoms with Crippen LogP contribution in [0.15, 0.2) is 52.4 Å². The van der Waals surface area contributed by atoms with Gasteiger partial charge in [0, 0.05) is 10.0 Å². The third-order valence-corrected chi connectivity index (χ3v) is 4.47. The summed E-state index contributed by atoms with van der Waals surface area (Å²) in [4.78, 5) is 17.4. The molecule has 0 saturated heterocycles. The largest absolute Gasteiger partial charge is 0.268 e. The van der Waals surface area contributed by atoms with E-state index in [4.69, 9.17) is 23.2 Å². The third kappa shape index (κ3) is 2.86. The van der Waals surface area contributed by atoms with Crippen LogP contribution in [-0.4, -0.2) is 15.3 Å². The van der Waals surface area contributed by atoms with Gasteiger partial charge in [-0.05, 0) is 48.2 Å². The van der Waals surface area contributed by atoms with E-state index in [1.807, 2.05) is 19.1 Å². The lowest BCUT2D eigenvalue weighted by Gasteiger charge is -2.12. The first-order valence-electron chi connectivity index (χ1n) is 6.71. The Labute approximate surface area is 141 Å². The van der Waals surface area contributed by atoms with Crippen LogP contribution in [0.4, 0.5) is 0 Å². The van der Waals surface area contributed by atoms with Gasteiger partial charge < -0.3 is 0 Å². The minimum Gasteiger partial charge on any atom is -0.268 e. The smallest absolute Gasteiger partial charge is 0.266 e. The van der Waals surface area contributed by atoms with Gasteiger partial charge in [0.2, 0.25) is 0 Å². The molecule has 0 aliphatic heterocycles. The van der Waals surface area contributed by atoms with Crippen molar-refractivity contribution in [3.05, 3.63) is 62.9 Å². The molecule has 3 rings (SSSR count). The average molecular weight is 351 g/mol. The molecule has 6 heteroatoms. The van der Waals surface area contributed by atoms with E-state index in [0.29, 0.717) is 26.1 Å². The van der Waals surface area contributed by atoms with Crippen LogP contribution in [0.5, 0.6) is 0 Å². The second-order valence-electron chi connectivity index (χ2n) is 4.61. The quantitative estimate of drug-likeness (QED) is 0.502. The molecular weight excluding hydrogens is 339 g/mol. The van der Waals surface area contributed by atoms with Crippen molar-refractivity contribution >= 4 is 45.9 Å². The van der Waals surface area contributed by atoms with Crippen LogP contribution in [0.1, 0.15) is 6.92 Å². The Kier molecular flexibility index (Phi) is 4.43. The van der Waals surface area contributed by atoms with Gasteiger partial charge in [-0.15, -0.1) is 0 Å². The SMILES string of the molecule is CCSc1nc2cc(Cl)ccc2c(=O)n1-c1ccc(Cl)cc1. The van der Waals surface area contributed by atoms with Gasteiger partial charge >= 0.3 is 0 Å². The molecule has 0 N–H and O–H groups in total. The van der Waals surface area contributed by atoms with Crippen LogP contribution in [0, 0.1) is 0 Å². The van der Waals surface area contributed by atoms with Gasteiger partial charge in [-0.2, -0.15) is 0 Å². The topological polar surface area (TPSA) is 34.9 Å². The monoisotopic (exact) mass is 350 g/mol. The molecule has 0 unspecified atom stereocenters. The Morgan fingerprint density at radius 2 is 1.77 bits per heavy atom. The number of halogens is 2. The van der Waals surface area contributed by atoms with E-state index in [1.165, 1.54) is 11.8 Å². The molecular formula is C16H12Cl2N2OS. The van der Waals surface area contributed by atoms with Crippen molar-refractivity contribution in [2.45, 2.75) is 12.1 Å². The molecule has 3 aromatic rings. The molecule has 0 aliphatic carbocycles. The predicted octanol–water partition coefficient (Wildman–Crippen LogP) is 4.80. The van der Waals surface area contributed by atoms with E-state index < -0.39 is 0 Å². The van der Waals surface area contributed by atoms with Crippen LogP contribution in [0.25, 0.3) is 16.6 Å². The number of benzene rings is 2. The fraction of sp³-hybridized carbons (Fsp3) is 0.125. The van der Waals surface area contributed by atoms with Crippen molar-refractivity contribution in [1.82, 2.24) is 9.55 Å². The van der Waals surface area contributed by atoms with Crippen molar-refractivity contribution in [1.29, 1.82) is 0 Å². The summed E-state index contributed by atoms with van der Waals surface area (Å²) >= 11 is 13.4. The predicted molar refractivity (Wildman–Crippen MR) is 93.8 cm³/mol. The normalized spacial score (nSPS) is 11.0. The Morgan fingerprint density at radius 3 is 2.45 bits per heavy atom. The molecule has 0 radical (unpaired) electrons. The van der Waals surface area contributed by atoms with Crippen LogP contribution >= 0.6 is 35.0 Å². The molecule has 22 heavy (non-hydrogen) atoms. The second-order valence-corrected chi connectivity index (χ2v) is 6.71. The summed E-state index contributed by atoms with van der Waals surface area (Å²) in [6, 6.07) is 12.3. The molecule has 0 atom stereocenters. The van der Waals surface area contributed by atoms with Gasteiger partial charge in [0.1, 0.15) is 0 Å². The van der Waals surface area contributed by atoms with Gasteiger partial charge in [-0.25, -0.2) is 4.98 Å². The number of aromatic nitrogens is 2. The molecule has 0 saturated carbocycles. The zero-order valence-corrected chi connectivity index (χ0v) is 14.0. The summed E-state index contributed by atoms with van der Waals surface area (Å²) in [6.07, 6.45) is 0. The highest BCUT2D eigenvalue weighted by atomic mass is 35.5. The van der Waals surface area contributed by atoms with Gasteiger partial charge in [0.05, 0.1) is 16.6 Å². The highest BCUT2D eigenvalue weighted by Gasteiger charge is 2.13. The first-order valence-corrected chi connectivity index (χ1v) is 8.45. The molecule has 112 valence electrons. The number of rotatable bonds is 3. The summed E-state index contributed by atoms with van der Waals surface area (Å²) in [5.41, 5.74) is 1.24. The fourth-order valence-corrected chi connectivity index (χ4v) is 3.21. The molecule has 0 bridgehead atoms. The minimum atomic E-state index is -0.111. The molecule has 0 spiro atoms. The van der Waals surface area contributed by atoms with E-state index in [1.54, 1.807) is 34.9 Å². The highest BCUT2D eigenvalue weighted by molar-refractivity contribution is 7.99. The molecule has 2 aromatic carbocycles. The maximum Gasteiger partial charge on any atom is 0.266 e. The van der Waals surface area contributed by atoms with Gasteiger partial charge in [-0.1, -0.05) is 41.9 Å². The summed E-state index contributed by atoms with van der Waals surface area (Å²) in [5.74, 6) is 0.812. The van der Waals surface area contributed by atoms with E-state index in [0.717, 1.165) is 11.4 Å². The maximum atomic E-state index is 12.9. The molecule has 3 nitrogen and oxygen atoms in total. The molecule has 1 aromatic heterocycles. The zero-order valence-electron chi connectivity index (χ0n) is 11.7. The Hall–Kier alpha value is -1.49. The molecule has 0 aliphatic rings. The van der Waals surface area contributed by atoms with Crippen LogP contribution < -0.4 is 5.56 Å². The standard InChI is InChI=1S/C16H12Cl2N2OS/c1-2-22-16-19-14-9-11(18)5-8-13(14)15(21)20(16)12-6-3-10(17)4-7-12/h3-9H,2H2,1H3. The lowest BCUT2D eigenvalue weighted by Crippen LogP contribution is -2.21. The maximum absolute atomic E-state index is 12.9. The van der Waals surface area contributed by atoms with Gasteiger partial charge in [-0.3, -0.25) is 9.36 Å². The summed E-state index contributed by atoms with van der Waals surface area (Å²) < 4.78 is 1.61. The first-order chi connectivity index (χ1) is 10.6. The van der Waals surface area contributed by atoms with Gasteiger partial charge in [0.15, 0.2) is 5.16 Å². The number of nitrogens with zero attached hydrogens (tertiary/aromatic N) is 2. The van der Waals surface area contributed by atoms with Crippen LogP contribution in [0.3, 0.4) is 0 Å². The van der Waals surface area contributed by atoms with E-state index in [2.05, 4.69) is 4.98 Å². The lowest BCUT2D eigenvalue weighted by atomic mass is 10.2. The van der Waals surface area contributed by atoms with Crippen molar-refractivity contribution < 1.29 is 0 Å². The number of fused-ring (bicyclic) bond motifs is 1. The van der Waals surface area contributed by atoms with E-state index in [-0.39, 0.29) is 5.56 Å². The summed E-state index contributed by atoms with van der Waals surface area (Å²) in [6.45, 7) is 2.02. The molecule has 0 fully saturated rings. The van der Waals surface area contributed by atoms with E-state index >= 15 is 0 Å². The number of hydrogen-bond donors (Lipinski definition) is 0. The zero-order chi connectivity index (χ0) is 15.7. The van der Waals surface area contributed by atoms with Crippen molar-refractivity contribution in [3.8, 4) is 5.69 Å². The number of thioether (sulfide) groups is 1. The second kappa shape index (κ2) is 6.32. The van der Waals surface area contributed by atoms with Crippen LogP contribution in [-0.2, 0) is 0 Å². The Balaban J connectivity index is 2.33. The minimum absolute atomic E-state index is 0.111. The van der Waals surface area contributed by atoms with Crippen molar-refractivity contribution in [2.24, 2.45) is 0 Å². The third-order valence-electron chi connectivity index (χ3n) is 3.16. The first kappa shape index (κ1) is 15.4. The Morgan fingerprint density at radius 1 is 1.09 bits per heavy atom. The fourth-order valence-electron chi connectivity index (χ4n) is 2.18. The molecule has 0 amide bonds. The summed E-state index contributed by atoms with van der Waals surface area (Å²) in [5, 5.41) is 2.38. The van der Waals surface area contributed by atoms with Crippen molar-refractivity contribution in [3.63, 3.8) is 0 Å². The Bertz CT molecular complexity index is 891. The van der Waals surface area contributed by atoms with Crippen LogP contribution in [0.2, 0.25) is 10.0 Å². The summed E-state index contributed by atoms with van der Waals surface area (Å²) in [7, 11) is 0. The molecule has 1 heterocycles. The lowest BCUT2D eigenvalue weighted by molar-refractivity contribution is 0.820.